The topological polar surface area (TPSA) is 88.9 Å². The number of ether oxygens (including phenoxy) is 1. The second kappa shape index (κ2) is 6.04. The average Bonchev–Trinajstić information content (AvgIpc) is 3.21. The third-order valence-electron chi connectivity index (χ3n) is 4.36. The third-order valence-corrected chi connectivity index (χ3v) is 4.36. The minimum absolute atomic E-state index is 0.0284. The monoisotopic (exact) mass is 326 g/mol. The van der Waals surface area contributed by atoms with Crippen LogP contribution in [-0.4, -0.2) is 55.5 Å². The maximum atomic E-state index is 12.9. The van der Waals surface area contributed by atoms with Crippen molar-refractivity contribution >= 4 is 16.8 Å². The molecule has 0 radical (unpaired) electrons. The van der Waals surface area contributed by atoms with Crippen LogP contribution >= 0.6 is 0 Å². The van der Waals surface area contributed by atoms with Gasteiger partial charge in [0.15, 0.2) is 5.82 Å². The number of H-pyrrole nitrogens is 1. The molecule has 3 aromatic rings. The van der Waals surface area contributed by atoms with Gasteiger partial charge in [0.2, 0.25) is 5.91 Å². The summed E-state index contributed by atoms with van der Waals surface area (Å²) in [5.74, 6) is 0.762. The van der Waals surface area contributed by atoms with E-state index in [-0.39, 0.29) is 18.4 Å². The van der Waals surface area contributed by atoms with Gasteiger partial charge in [-0.25, -0.2) is 4.98 Å². The highest BCUT2D eigenvalue weighted by molar-refractivity contribution is 5.87. The number of rotatable bonds is 3. The average molecular weight is 326 g/mol. The van der Waals surface area contributed by atoms with Crippen molar-refractivity contribution < 1.29 is 9.53 Å². The van der Waals surface area contributed by atoms with Crippen LogP contribution in [0.25, 0.3) is 10.9 Å². The molecule has 124 valence electrons. The number of nitrogens with zero attached hydrogens (tertiary/aromatic N) is 5. The summed E-state index contributed by atoms with van der Waals surface area (Å²) in [4.78, 5) is 19.0. The zero-order valence-corrected chi connectivity index (χ0v) is 13.3. The highest BCUT2D eigenvalue weighted by atomic mass is 16.5. The number of carbonyl (C=O) groups excluding carboxylic acids is 1. The van der Waals surface area contributed by atoms with Crippen LogP contribution in [0.3, 0.4) is 0 Å². The lowest BCUT2D eigenvalue weighted by atomic mass is 10.1. The van der Waals surface area contributed by atoms with E-state index in [0.717, 1.165) is 22.4 Å². The molecule has 8 heteroatoms. The van der Waals surface area contributed by atoms with Crippen LogP contribution in [0.4, 0.5) is 0 Å². The first-order valence-electron chi connectivity index (χ1n) is 7.87. The number of amides is 1. The molecule has 0 spiro atoms. The minimum Gasteiger partial charge on any atom is -0.377 e. The van der Waals surface area contributed by atoms with E-state index in [1.807, 2.05) is 36.2 Å². The molecule has 1 saturated heterocycles. The van der Waals surface area contributed by atoms with E-state index in [1.54, 1.807) is 4.68 Å². The quantitative estimate of drug-likeness (QED) is 0.770. The van der Waals surface area contributed by atoms with Crippen molar-refractivity contribution in [2.24, 2.45) is 7.05 Å². The number of nitrogens with one attached hydrogen (secondary N) is 1. The predicted octanol–water partition coefficient (Wildman–Crippen LogP) is 0.834. The van der Waals surface area contributed by atoms with E-state index in [0.29, 0.717) is 19.8 Å². The van der Waals surface area contributed by atoms with Gasteiger partial charge in [-0.1, -0.05) is 18.2 Å². The number of morpholine rings is 1. The Bertz CT molecular complexity index is 870. The number of benzene rings is 1. The van der Waals surface area contributed by atoms with E-state index in [4.69, 9.17) is 4.74 Å². The molecule has 1 fully saturated rings. The molecule has 1 aliphatic heterocycles. The summed E-state index contributed by atoms with van der Waals surface area (Å²) >= 11 is 0. The van der Waals surface area contributed by atoms with Crippen LogP contribution in [0.2, 0.25) is 0 Å². The number of aromatic nitrogens is 5. The Labute approximate surface area is 138 Å². The summed E-state index contributed by atoms with van der Waals surface area (Å²) in [6.07, 6.45) is 1.77. The first-order valence-corrected chi connectivity index (χ1v) is 7.87. The van der Waals surface area contributed by atoms with Gasteiger partial charge in [-0.15, -0.1) is 0 Å². The van der Waals surface area contributed by atoms with Crippen molar-refractivity contribution in [2.45, 2.75) is 12.5 Å². The molecule has 3 heterocycles. The van der Waals surface area contributed by atoms with E-state index in [2.05, 4.69) is 20.3 Å². The summed E-state index contributed by atoms with van der Waals surface area (Å²) in [7, 11) is 1.82. The Morgan fingerprint density at radius 3 is 3.12 bits per heavy atom. The maximum absolute atomic E-state index is 12.9. The number of hydrogen-bond donors (Lipinski definition) is 1. The van der Waals surface area contributed by atoms with E-state index in [9.17, 15) is 4.79 Å². The van der Waals surface area contributed by atoms with Crippen molar-refractivity contribution in [3.63, 3.8) is 0 Å². The SMILES string of the molecule is Cn1ncnc1C1COCCN1C(=O)Cc1[nH]nc2ccccc12. The Morgan fingerprint density at radius 1 is 1.42 bits per heavy atom. The first kappa shape index (κ1) is 14.8. The van der Waals surface area contributed by atoms with Crippen LogP contribution in [0.1, 0.15) is 17.6 Å². The molecule has 2 aromatic heterocycles. The zero-order valence-electron chi connectivity index (χ0n) is 13.3. The van der Waals surface area contributed by atoms with Crippen molar-refractivity contribution in [1.29, 1.82) is 0 Å². The van der Waals surface area contributed by atoms with Crippen molar-refractivity contribution in [2.75, 3.05) is 19.8 Å². The molecular weight excluding hydrogens is 308 g/mol. The standard InChI is InChI=1S/C16H18N6O2/c1-21-16(17-10-18-21)14-9-24-7-6-22(14)15(23)8-13-11-4-2-3-5-12(11)19-20-13/h2-5,10,14H,6-9H2,1H3,(H,19,20). The zero-order chi connectivity index (χ0) is 16.5. The fraction of sp³-hybridized carbons (Fsp3) is 0.375. The molecule has 1 atom stereocenters. The minimum atomic E-state index is -0.215. The van der Waals surface area contributed by atoms with Crippen LogP contribution in [0, 0.1) is 0 Å². The van der Waals surface area contributed by atoms with Crippen molar-refractivity contribution in [3.8, 4) is 0 Å². The fourth-order valence-electron chi connectivity index (χ4n) is 3.12. The lowest BCUT2D eigenvalue weighted by Crippen LogP contribution is -2.45. The molecule has 1 amide bonds. The maximum Gasteiger partial charge on any atom is 0.229 e. The lowest BCUT2D eigenvalue weighted by Gasteiger charge is -2.34. The number of hydrogen-bond acceptors (Lipinski definition) is 5. The molecule has 0 bridgehead atoms. The molecule has 1 unspecified atom stereocenters. The summed E-state index contributed by atoms with van der Waals surface area (Å²) < 4.78 is 7.24. The summed E-state index contributed by atoms with van der Waals surface area (Å²) in [5.41, 5.74) is 1.70. The normalized spacial score (nSPS) is 18.2. The largest absolute Gasteiger partial charge is 0.377 e. The second-order valence-corrected chi connectivity index (χ2v) is 5.82. The molecule has 1 aromatic carbocycles. The third kappa shape index (κ3) is 2.54. The summed E-state index contributed by atoms with van der Waals surface area (Å²) in [5, 5.41) is 12.3. The molecule has 4 rings (SSSR count). The molecular formula is C16H18N6O2. The van der Waals surface area contributed by atoms with Gasteiger partial charge in [-0.3, -0.25) is 14.6 Å². The molecule has 8 nitrogen and oxygen atoms in total. The molecule has 0 aliphatic carbocycles. The van der Waals surface area contributed by atoms with Crippen LogP contribution in [-0.2, 0) is 23.0 Å². The molecule has 24 heavy (non-hydrogen) atoms. The van der Waals surface area contributed by atoms with E-state index in [1.165, 1.54) is 6.33 Å². The van der Waals surface area contributed by atoms with Crippen molar-refractivity contribution in [3.05, 3.63) is 42.1 Å². The van der Waals surface area contributed by atoms with Crippen molar-refractivity contribution in [1.82, 2.24) is 29.9 Å². The van der Waals surface area contributed by atoms with Gasteiger partial charge >= 0.3 is 0 Å². The van der Waals surface area contributed by atoms with Gasteiger partial charge < -0.3 is 9.64 Å². The molecule has 0 saturated carbocycles. The molecule has 1 aliphatic rings. The van der Waals surface area contributed by atoms with Gasteiger partial charge in [0, 0.05) is 19.0 Å². The highest BCUT2D eigenvalue weighted by Crippen LogP contribution is 2.24. The smallest absolute Gasteiger partial charge is 0.229 e. The number of para-hydroxylation sites is 1. The van der Waals surface area contributed by atoms with Crippen LogP contribution in [0.5, 0.6) is 0 Å². The number of aromatic amines is 1. The second-order valence-electron chi connectivity index (χ2n) is 5.82. The Morgan fingerprint density at radius 2 is 2.29 bits per heavy atom. The van der Waals surface area contributed by atoms with Gasteiger partial charge in [0.1, 0.15) is 12.4 Å². The van der Waals surface area contributed by atoms with Gasteiger partial charge in [0.25, 0.3) is 0 Å². The lowest BCUT2D eigenvalue weighted by molar-refractivity contribution is -0.140. The van der Waals surface area contributed by atoms with Gasteiger partial charge in [-0.2, -0.15) is 10.2 Å². The van der Waals surface area contributed by atoms with Gasteiger partial charge in [-0.05, 0) is 6.07 Å². The molecule has 1 N–H and O–H groups in total. The summed E-state index contributed by atoms with van der Waals surface area (Å²) in [6.45, 7) is 1.51. The number of carbonyl (C=O) groups is 1. The first-order chi connectivity index (χ1) is 11.7. The Kier molecular flexibility index (Phi) is 3.73. The number of fused-ring (bicyclic) bond motifs is 1. The Balaban J connectivity index is 1.59. The fourth-order valence-corrected chi connectivity index (χ4v) is 3.12. The van der Waals surface area contributed by atoms with Crippen LogP contribution < -0.4 is 0 Å². The highest BCUT2D eigenvalue weighted by Gasteiger charge is 2.31. The van der Waals surface area contributed by atoms with Gasteiger partial charge in [0.05, 0.1) is 30.8 Å². The number of aryl methyl sites for hydroxylation is 1. The predicted molar refractivity (Wildman–Crippen MR) is 86.1 cm³/mol. The van der Waals surface area contributed by atoms with Crippen LogP contribution in [0.15, 0.2) is 30.6 Å². The Hall–Kier alpha value is -2.74. The van der Waals surface area contributed by atoms with E-state index >= 15 is 0 Å². The van der Waals surface area contributed by atoms with E-state index < -0.39 is 0 Å². The summed E-state index contributed by atoms with van der Waals surface area (Å²) in [6, 6.07) is 7.56.